The van der Waals surface area contributed by atoms with Gasteiger partial charge in [0.15, 0.2) is 0 Å². The van der Waals surface area contributed by atoms with E-state index in [4.69, 9.17) is 39.0 Å². The Labute approximate surface area is 288 Å². The highest BCUT2D eigenvalue weighted by molar-refractivity contribution is 7.66. The largest absolute Gasteiger partial charge is 0.490 e. The fraction of sp³-hybridized carbons (Fsp3) is 0.696. The normalized spacial score (nSPS) is 20.5. The van der Waals surface area contributed by atoms with Crippen LogP contribution < -0.4 is 16.6 Å². The summed E-state index contributed by atoms with van der Waals surface area (Å²) in [6.45, 7) is 4.88. The van der Waals surface area contributed by atoms with Crippen molar-refractivity contribution in [3.05, 3.63) is 55.7 Å². The fourth-order valence-electron chi connectivity index (χ4n) is 4.03. The van der Waals surface area contributed by atoms with E-state index >= 15 is 0 Å². The molecule has 0 spiro atoms. The summed E-state index contributed by atoms with van der Waals surface area (Å²) >= 11 is 0. The van der Waals surface area contributed by atoms with E-state index in [0.29, 0.717) is 33.0 Å². The molecule has 0 bridgehead atoms. The van der Waals surface area contributed by atoms with Crippen molar-refractivity contribution >= 4 is 29.4 Å². The molecule has 0 saturated carbocycles. The van der Waals surface area contributed by atoms with Crippen LogP contribution in [0.25, 0.3) is 10.4 Å². The lowest BCUT2D eigenvalue weighted by atomic mass is 10.1. The maximum Gasteiger partial charge on any atom is 0.490 e. The quantitative estimate of drug-likeness (QED) is 0.0157. The summed E-state index contributed by atoms with van der Waals surface area (Å²) in [7, 11) is -16.9. The van der Waals surface area contributed by atoms with E-state index < -0.39 is 71.7 Å². The minimum atomic E-state index is -5.78. The van der Waals surface area contributed by atoms with Gasteiger partial charge in [-0.15, -0.1) is 6.58 Å². The summed E-state index contributed by atoms with van der Waals surface area (Å²) in [5.74, 6) is -0.535. The minimum Gasteiger partial charge on any atom is -0.390 e. The fourth-order valence-corrected chi connectivity index (χ4v) is 7.06. The molecular formula is C23H39N6O19P3. The molecule has 7 N–H and O–H groups in total. The van der Waals surface area contributed by atoms with Crippen LogP contribution in [0.1, 0.15) is 30.7 Å². The van der Waals surface area contributed by atoms with Gasteiger partial charge in [-0.1, -0.05) is 11.2 Å². The molecule has 0 radical (unpaired) electrons. The maximum atomic E-state index is 12.6. The van der Waals surface area contributed by atoms with Crippen LogP contribution in [0.5, 0.6) is 0 Å². The molecule has 1 aliphatic rings. The van der Waals surface area contributed by atoms with Crippen LogP contribution in [0.4, 0.5) is 0 Å². The van der Waals surface area contributed by atoms with Gasteiger partial charge in [0, 0.05) is 30.5 Å². The van der Waals surface area contributed by atoms with Crippen molar-refractivity contribution < 1.29 is 80.0 Å². The highest BCUT2D eigenvalue weighted by Gasteiger charge is 2.43. The highest BCUT2D eigenvalue weighted by Crippen LogP contribution is 2.66. The average molecular weight is 797 g/mol. The summed E-state index contributed by atoms with van der Waals surface area (Å²) in [6.07, 6.45) is -2.39. The Morgan fingerprint density at radius 2 is 1.63 bits per heavy atom. The first-order chi connectivity index (χ1) is 24.0. The lowest BCUT2D eigenvalue weighted by Crippen LogP contribution is -2.38. The van der Waals surface area contributed by atoms with Crippen molar-refractivity contribution in [1.82, 2.24) is 14.9 Å². The number of aromatic nitrogens is 2. The van der Waals surface area contributed by atoms with Crippen molar-refractivity contribution in [1.29, 1.82) is 0 Å². The molecular weight excluding hydrogens is 757 g/mol. The first-order valence-electron chi connectivity index (χ1n) is 14.7. The number of aliphatic hydroxyl groups excluding tert-OH is 1. The number of rotatable bonds is 26. The number of carbonyl (C=O) groups excluding carboxylic acids is 1. The Balaban J connectivity index is 1.81. The number of nitrogens with one attached hydrogen (secondary N) is 2. The van der Waals surface area contributed by atoms with Crippen LogP contribution in [-0.4, -0.2) is 118 Å². The van der Waals surface area contributed by atoms with Crippen LogP contribution in [0, 0.1) is 0 Å². The molecule has 1 aromatic rings. The van der Waals surface area contributed by atoms with Crippen molar-refractivity contribution in [2.45, 2.75) is 37.3 Å². The standard InChI is InChI=1S/C23H39N6O19P3/c1-2-17(26-20(31)3-5-41-7-9-43-11-12-44-10-8-42-6-4-25-28-24)16-14-29(23(33)27-22(16)32)21-13-18(30)19(46-21)15-45-50(37,38)48-51(39,40)47-49(34,35)36/h2,14,17-19,21,30H,1,3-13,15H2,(H,26,31)(H,37,38)(H,39,40)(H,27,32,33)(H2,34,35,36)/t17?,18-,19+,21+/m0/s1. The summed E-state index contributed by atoms with van der Waals surface area (Å²) in [5, 5.41) is 16.3. The molecule has 1 saturated heterocycles. The number of aliphatic hydroxyl groups is 1. The Hall–Kier alpha value is -2.63. The second-order valence-electron chi connectivity index (χ2n) is 10.0. The van der Waals surface area contributed by atoms with Gasteiger partial charge in [0.1, 0.15) is 12.3 Å². The number of H-pyrrole nitrogens is 1. The number of amides is 1. The van der Waals surface area contributed by atoms with Gasteiger partial charge >= 0.3 is 29.2 Å². The van der Waals surface area contributed by atoms with Crippen LogP contribution in [-0.2, 0) is 55.3 Å². The van der Waals surface area contributed by atoms with Crippen molar-refractivity contribution in [3.63, 3.8) is 0 Å². The molecule has 6 atom stereocenters. The SMILES string of the molecule is C=CC(NC(=O)CCOCCOCCOCCOCCN=[N+]=[N-])c1cn([C@H]2C[C@H](O)[C@@H](COP(=O)(O)OP(=O)(O)OP(=O)(O)O)O2)c(=O)[nH]c1=O. The number of carbonyl (C=O) groups is 1. The van der Waals surface area contributed by atoms with Gasteiger partial charge < -0.3 is 53.7 Å². The van der Waals surface area contributed by atoms with Gasteiger partial charge in [0.2, 0.25) is 5.91 Å². The summed E-state index contributed by atoms with van der Waals surface area (Å²) in [5.41, 5.74) is 6.14. The zero-order chi connectivity index (χ0) is 38.1. The van der Waals surface area contributed by atoms with Crippen LogP contribution in [0.3, 0.4) is 0 Å². The second kappa shape index (κ2) is 21.8. The number of hydrogen-bond donors (Lipinski definition) is 7. The van der Waals surface area contributed by atoms with E-state index in [0.717, 1.165) is 10.8 Å². The summed E-state index contributed by atoms with van der Waals surface area (Å²) in [6, 6.07) is -1.10. The van der Waals surface area contributed by atoms with Crippen molar-refractivity contribution in [2.75, 3.05) is 66.0 Å². The molecule has 290 valence electrons. The average Bonchev–Trinajstić information content (AvgIpc) is 3.39. The first-order valence-corrected chi connectivity index (χ1v) is 19.2. The molecule has 51 heavy (non-hydrogen) atoms. The lowest BCUT2D eigenvalue weighted by Gasteiger charge is -2.20. The van der Waals surface area contributed by atoms with Gasteiger partial charge in [-0.05, 0) is 5.53 Å². The molecule has 3 unspecified atom stereocenters. The number of phosphoric acid groups is 3. The van der Waals surface area contributed by atoms with Gasteiger partial charge in [-0.2, -0.15) is 8.62 Å². The van der Waals surface area contributed by atoms with Crippen LogP contribution >= 0.6 is 23.5 Å². The third-order valence-corrected chi connectivity index (χ3v) is 10.0. The van der Waals surface area contributed by atoms with Crippen LogP contribution in [0.2, 0.25) is 0 Å². The molecule has 0 aliphatic carbocycles. The molecule has 1 aromatic heterocycles. The van der Waals surface area contributed by atoms with E-state index in [-0.39, 0.29) is 44.8 Å². The predicted molar refractivity (Wildman–Crippen MR) is 169 cm³/mol. The number of aromatic amines is 1. The molecule has 1 amide bonds. The maximum absolute atomic E-state index is 12.6. The molecule has 1 aliphatic heterocycles. The van der Waals surface area contributed by atoms with E-state index in [9.17, 15) is 43.0 Å². The summed E-state index contributed by atoms with van der Waals surface area (Å²) in [4.78, 5) is 78.5. The minimum absolute atomic E-state index is 0.00816. The zero-order valence-corrected chi connectivity index (χ0v) is 29.4. The van der Waals surface area contributed by atoms with E-state index in [1.54, 1.807) is 0 Å². The molecule has 2 heterocycles. The second-order valence-corrected chi connectivity index (χ2v) is 14.4. The monoisotopic (exact) mass is 796 g/mol. The number of nitrogens with zero attached hydrogens (tertiary/aromatic N) is 4. The van der Waals surface area contributed by atoms with E-state index in [2.05, 4.69) is 40.1 Å². The topological polar surface area (TPSA) is 359 Å². The van der Waals surface area contributed by atoms with E-state index in [1.165, 1.54) is 6.08 Å². The van der Waals surface area contributed by atoms with Crippen molar-refractivity contribution in [2.24, 2.45) is 5.11 Å². The third-order valence-electron chi connectivity index (χ3n) is 6.20. The van der Waals surface area contributed by atoms with E-state index in [1.807, 2.05) is 0 Å². The Kier molecular flexibility index (Phi) is 19.0. The molecule has 2 rings (SSSR count). The third kappa shape index (κ3) is 17.6. The summed E-state index contributed by atoms with van der Waals surface area (Å²) < 4.78 is 73.6. The van der Waals surface area contributed by atoms with Gasteiger partial charge in [0.25, 0.3) is 5.56 Å². The van der Waals surface area contributed by atoms with Gasteiger partial charge in [-0.3, -0.25) is 23.7 Å². The smallest absolute Gasteiger partial charge is 0.390 e. The number of ether oxygens (including phenoxy) is 5. The highest BCUT2D eigenvalue weighted by atomic mass is 31.3. The lowest BCUT2D eigenvalue weighted by molar-refractivity contribution is -0.122. The van der Waals surface area contributed by atoms with Crippen LogP contribution in [0.15, 0.2) is 33.6 Å². The van der Waals surface area contributed by atoms with Crippen molar-refractivity contribution in [3.8, 4) is 0 Å². The molecule has 1 fully saturated rings. The Bertz CT molecular complexity index is 1600. The number of azide groups is 1. The number of phosphoric ester groups is 1. The molecule has 25 nitrogen and oxygen atoms in total. The van der Waals surface area contributed by atoms with Gasteiger partial charge in [-0.25, -0.2) is 18.5 Å². The molecule has 28 heteroatoms. The Morgan fingerprint density at radius 1 is 1.04 bits per heavy atom. The zero-order valence-electron chi connectivity index (χ0n) is 26.7. The molecule has 0 aromatic carbocycles. The van der Waals surface area contributed by atoms with Gasteiger partial charge in [0.05, 0.1) is 77.2 Å². The number of hydrogen-bond acceptors (Lipinski definition) is 16. The Morgan fingerprint density at radius 3 is 2.20 bits per heavy atom. The predicted octanol–water partition coefficient (Wildman–Crippen LogP) is -0.362. The first kappa shape index (κ1) is 44.5.